The molecule has 6 nitrogen and oxygen atoms in total. The first-order chi connectivity index (χ1) is 9.54. The fraction of sp³-hybridized carbons (Fsp3) is 0.308. The van der Waals surface area contributed by atoms with Crippen molar-refractivity contribution in [3.8, 4) is 6.07 Å². The number of nitrogens with zero attached hydrogens (tertiary/aromatic N) is 2. The van der Waals surface area contributed by atoms with Crippen LogP contribution in [0.15, 0.2) is 18.2 Å². The third kappa shape index (κ3) is 2.70. The number of amides is 2. The molecule has 1 aliphatic heterocycles. The largest absolute Gasteiger partial charge is 0.480 e. The predicted octanol–water partition coefficient (Wildman–Crippen LogP) is 1.86. The first-order valence-corrected chi connectivity index (χ1v) is 7.08. The second kappa shape index (κ2) is 5.84. The van der Waals surface area contributed by atoms with Gasteiger partial charge in [-0.3, -0.25) is 0 Å². The van der Waals surface area contributed by atoms with Crippen LogP contribution in [0.4, 0.5) is 10.5 Å². The summed E-state index contributed by atoms with van der Waals surface area (Å²) in [6.45, 7) is 1.78. The Kier molecular flexibility index (Phi) is 4.15. The van der Waals surface area contributed by atoms with Crippen LogP contribution in [-0.2, 0) is 4.79 Å². The minimum Gasteiger partial charge on any atom is -0.480 e. The zero-order chi connectivity index (χ0) is 14.7. The summed E-state index contributed by atoms with van der Waals surface area (Å²) < 4.78 is 0. The molecule has 1 unspecified atom stereocenters. The van der Waals surface area contributed by atoms with Crippen LogP contribution in [-0.4, -0.2) is 39.7 Å². The quantitative estimate of drug-likeness (QED) is 0.867. The molecule has 2 rings (SSSR count). The van der Waals surface area contributed by atoms with Crippen molar-refractivity contribution >= 4 is 29.4 Å². The van der Waals surface area contributed by atoms with Crippen LogP contribution >= 0.6 is 11.8 Å². The number of carbonyl (C=O) groups excluding carboxylic acids is 1. The molecule has 0 aromatic heterocycles. The number of benzene rings is 1. The Balaban J connectivity index is 2.19. The van der Waals surface area contributed by atoms with Crippen molar-refractivity contribution in [3.63, 3.8) is 0 Å². The Hall–Kier alpha value is -2.20. The number of aliphatic carboxylic acids is 1. The molecule has 2 N–H and O–H groups in total. The van der Waals surface area contributed by atoms with Crippen molar-refractivity contribution in [1.29, 1.82) is 5.26 Å². The molecule has 20 heavy (non-hydrogen) atoms. The number of carboxylic acid groups (broad SMARTS) is 1. The van der Waals surface area contributed by atoms with E-state index in [4.69, 9.17) is 10.4 Å². The summed E-state index contributed by atoms with van der Waals surface area (Å²) in [5, 5.41) is 20.8. The van der Waals surface area contributed by atoms with Crippen molar-refractivity contribution in [1.82, 2.24) is 4.90 Å². The fourth-order valence-corrected chi connectivity index (χ4v) is 3.10. The predicted molar refractivity (Wildman–Crippen MR) is 75.5 cm³/mol. The minimum absolute atomic E-state index is 0.330. The van der Waals surface area contributed by atoms with Crippen molar-refractivity contribution in [2.45, 2.75) is 13.0 Å². The van der Waals surface area contributed by atoms with Gasteiger partial charge in [0.1, 0.15) is 12.1 Å². The van der Waals surface area contributed by atoms with Gasteiger partial charge in [0.25, 0.3) is 0 Å². The molecule has 1 saturated heterocycles. The van der Waals surface area contributed by atoms with Gasteiger partial charge < -0.3 is 15.3 Å². The van der Waals surface area contributed by atoms with E-state index in [-0.39, 0.29) is 0 Å². The number of carbonyl (C=O) groups is 2. The molecule has 0 bridgehead atoms. The van der Waals surface area contributed by atoms with Crippen LogP contribution in [0.3, 0.4) is 0 Å². The van der Waals surface area contributed by atoms with Gasteiger partial charge in [-0.05, 0) is 18.6 Å². The summed E-state index contributed by atoms with van der Waals surface area (Å²) in [6.07, 6.45) is 0. The highest BCUT2D eigenvalue weighted by atomic mass is 32.2. The van der Waals surface area contributed by atoms with Crippen LogP contribution in [0.25, 0.3) is 0 Å². The van der Waals surface area contributed by atoms with Gasteiger partial charge in [-0.2, -0.15) is 5.26 Å². The first kappa shape index (κ1) is 14.2. The van der Waals surface area contributed by atoms with E-state index in [0.29, 0.717) is 22.9 Å². The van der Waals surface area contributed by atoms with Gasteiger partial charge in [-0.25, -0.2) is 9.59 Å². The lowest BCUT2D eigenvalue weighted by Gasteiger charge is -2.21. The van der Waals surface area contributed by atoms with Crippen LogP contribution < -0.4 is 5.32 Å². The van der Waals surface area contributed by atoms with E-state index in [1.807, 2.05) is 6.07 Å². The highest BCUT2D eigenvalue weighted by Gasteiger charge is 2.34. The van der Waals surface area contributed by atoms with Gasteiger partial charge in [0, 0.05) is 5.75 Å². The molecule has 1 aliphatic rings. The molecule has 0 saturated carbocycles. The van der Waals surface area contributed by atoms with Crippen LogP contribution in [0.2, 0.25) is 0 Å². The molecule has 1 atom stereocenters. The summed E-state index contributed by atoms with van der Waals surface area (Å²) in [4.78, 5) is 24.5. The lowest BCUT2D eigenvalue weighted by molar-refractivity contribution is -0.140. The number of nitrogens with one attached hydrogen (secondary N) is 1. The molecule has 1 heterocycles. The summed E-state index contributed by atoms with van der Waals surface area (Å²) in [7, 11) is 0. The number of hydrogen-bond donors (Lipinski definition) is 2. The maximum Gasteiger partial charge on any atom is 0.327 e. The highest BCUT2D eigenvalue weighted by molar-refractivity contribution is 7.99. The topological polar surface area (TPSA) is 93.4 Å². The third-order valence-electron chi connectivity index (χ3n) is 3.05. The number of hydrogen-bond acceptors (Lipinski definition) is 4. The van der Waals surface area contributed by atoms with Crippen molar-refractivity contribution < 1.29 is 14.7 Å². The molecular formula is C13H13N3O3S. The SMILES string of the molecule is Cc1cccc(NC(=O)N2CSCC2C(=O)O)c1C#N. The Morgan fingerprint density at radius 2 is 2.30 bits per heavy atom. The lowest BCUT2D eigenvalue weighted by Crippen LogP contribution is -2.44. The maximum absolute atomic E-state index is 12.1. The summed E-state index contributed by atoms with van der Waals surface area (Å²) in [5.41, 5.74) is 1.55. The number of aryl methyl sites for hydroxylation is 1. The highest BCUT2D eigenvalue weighted by Crippen LogP contribution is 2.24. The molecule has 0 aliphatic carbocycles. The van der Waals surface area contributed by atoms with Gasteiger partial charge in [0.2, 0.25) is 0 Å². The van der Waals surface area contributed by atoms with Gasteiger partial charge >= 0.3 is 12.0 Å². The summed E-state index contributed by atoms with van der Waals surface area (Å²) in [5.74, 6) is -0.312. The number of anilines is 1. The van der Waals surface area contributed by atoms with Crippen molar-refractivity contribution in [3.05, 3.63) is 29.3 Å². The Morgan fingerprint density at radius 1 is 1.55 bits per heavy atom. The average molecular weight is 291 g/mol. The molecule has 2 amide bonds. The molecule has 0 spiro atoms. The molecular weight excluding hydrogens is 278 g/mol. The van der Waals surface area contributed by atoms with Gasteiger partial charge in [0.05, 0.1) is 17.1 Å². The van der Waals surface area contributed by atoms with Gasteiger partial charge in [-0.15, -0.1) is 11.8 Å². The standard InChI is InChI=1S/C13H13N3O3S/c1-8-3-2-4-10(9(8)5-14)15-13(19)16-7-20-6-11(16)12(17)18/h2-4,11H,6-7H2,1H3,(H,15,19)(H,17,18). The van der Waals surface area contributed by atoms with Gasteiger partial charge in [0.15, 0.2) is 0 Å². The summed E-state index contributed by atoms with van der Waals surface area (Å²) in [6, 6.07) is 5.86. The number of rotatable bonds is 2. The van der Waals surface area contributed by atoms with E-state index in [2.05, 4.69) is 5.32 Å². The molecule has 7 heteroatoms. The van der Waals surface area contributed by atoms with E-state index in [1.54, 1.807) is 25.1 Å². The van der Waals surface area contributed by atoms with Crippen LogP contribution in [0, 0.1) is 18.3 Å². The molecule has 104 valence electrons. The monoisotopic (exact) mass is 291 g/mol. The van der Waals surface area contributed by atoms with Crippen molar-refractivity contribution in [2.75, 3.05) is 16.9 Å². The molecule has 0 radical (unpaired) electrons. The maximum atomic E-state index is 12.1. The average Bonchev–Trinajstić information content (AvgIpc) is 2.88. The minimum atomic E-state index is -1.02. The number of nitriles is 1. The Morgan fingerprint density at radius 3 is 2.95 bits per heavy atom. The summed E-state index contributed by atoms with van der Waals surface area (Å²) >= 11 is 1.39. The zero-order valence-corrected chi connectivity index (χ0v) is 11.6. The number of urea groups is 1. The first-order valence-electron chi connectivity index (χ1n) is 5.92. The Labute approximate surface area is 120 Å². The molecule has 1 fully saturated rings. The van der Waals surface area contributed by atoms with Crippen molar-refractivity contribution in [2.24, 2.45) is 0 Å². The van der Waals surface area contributed by atoms with Crippen LogP contribution in [0.5, 0.6) is 0 Å². The van der Waals surface area contributed by atoms with E-state index < -0.39 is 18.0 Å². The third-order valence-corrected chi connectivity index (χ3v) is 4.07. The lowest BCUT2D eigenvalue weighted by atomic mass is 10.1. The second-order valence-electron chi connectivity index (χ2n) is 4.36. The van der Waals surface area contributed by atoms with E-state index in [1.165, 1.54) is 16.7 Å². The molecule has 1 aromatic carbocycles. The van der Waals surface area contributed by atoms with E-state index >= 15 is 0 Å². The van der Waals surface area contributed by atoms with E-state index in [0.717, 1.165) is 5.56 Å². The second-order valence-corrected chi connectivity index (χ2v) is 5.36. The zero-order valence-electron chi connectivity index (χ0n) is 10.8. The Bertz CT molecular complexity index is 597. The molecule has 1 aromatic rings. The van der Waals surface area contributed by atoms with E-state index in [9.17, 15) is 9.59 Å². The fourth-order valence-electron chi connectivity index (χ4n) is 1.95. The number of thioether (sulfide) groups is 1. The van der Waals surface area contributed by atoms with Gasteiger partial charge in [-0.1, -0.05) is 12.1 Å². The number of carboxylic acids is 1. The van der Waals surface area contributed by atoms with Crippen LogP contribution in [0.1, 0.15) is 11.1 Å². The normalized spacial score (nSPS) is 17.6. The smallest absolute Gasteiger partial charge is 0.327 e.